The second kappa shape index (κ2) is 12.7. The molecule has 5 N–H and O–H groups in total. The van der Waals surface area contributed by atoms with Gasteiger partial charge in [0.1, 0.15) is 22.9 Å². The van der Waals surface area contributed by atoms with E-state index in [0.717, 1.165) is 31.4 Å². The van der Waals surface area contributed by atoms with Gasteiger partial charge in [-0.3, -0.25) is 4.79 Å². The molecule has 40 heavy (non-hydrogen) atoms. The van der Waals surface area contributed by atoms with Gasteiger partial charge in [-0.05, 0) is 32.5 Å². The van der Waals surface area contributed by atoms with Gasteiger partial charge in [-0.2, -0.15) is 0 Å². The number of carbonyl (C=O) groups is 1. The quantitative estimate of drug-likeness (QED) is 0.152. The Hall–Kier alpha value is -4.23. The summed E-state index contributed by atoms with van der Waals surface area (Å²) in [4.78, 5) is 28.8. The van der Waals surface area contributed by atoms with Crippen LogP contribution in [0.25, 0.3) is 22.3 Å². The Balaban J connectivity index is 1.59. The molecule has 0 spiro atoms. The van der Waals surface area contributed by atoms with Crippen molar-refractivity contribution in [1.29, 1.82) is 0 Å². The van der Waals surface area contributed by atoms with Gasteiger partial charge in [-0.15, -0.1) is 0 Å². The van der Waals surface area contributed by atoms with Crippen LogP contribution in [0.2, 0.25) is 0 Å². The molecule has 0 radical (unpaired) electrons. The lowest BCUT2D eigenvalue weighted by molar-refractivity contribution is -0.141. The number of nitrogens with two attached hydrogens (primary N) is 1. The summed E-state index contributed by atoms with van der Waals surface area (Å²) in [5.74, 6) is -0.849. The average molecular weight is 554 g/mol. The summed E-state index contributed by atoms with van der Waals surface area (Å²) in [6.07, 6.45) is 2.71. The van der Waals surface area contributed by atoms with E-state index in [-0.39, 0.29) is 35.2 Å². The van der Waals surface area contributed by atoms with Crippen LogP contribution in [0.15, 0.2) is 30.6 Å². The number of nitrogen functional groups attached to an aromatic ring is 1. The first-order chi connectivity index (χ1) is 19.2. The molecule has 0 aliphatic carbocycles. The molecule has 1 atom stereocenters. The molecule has 0 unspecified atom stereocenters. The lowest BCUT2D eigenvalue weighted by atomic mass is 10.1. The van der Waals surface area contributed by atoms with Crippen molar-refractivity contribution < 1.29 is 18.3 Å². The number of esters is 1. The van der Waals surface area contributed by atoms with Crippen LogP contribution in [0, 0.1) is 18.6 Å². The van der Waals surface area contributed by atoms with Crippen LogP contribution >= 0.6 is 0 Å². The largest absolute Gasteiger partial charge is 0.469 e. The number of benzene rings is 1. The zero-order valence-electron chi connectivity index (χ0n) is 22.9. The van der Waals surface area contributed by atoms with E-state index in [2.05, 4.69) is 35.9 Å². The second-order valence-electron chi connectivity index (χ2n) is 9.30. The maximum absolute atomic E-state index is 15.1. The smallest absolute Gasteiger partial charge is 0.307 e. The van der Waals surface area contributed by atoms with Crippen LogP contribution in [0.4, 0.5) is 26.2 Å². The predicted octanol–water partition coefficient (Wildman–Crippen LogP) is 3.62. The molecule has 4 aromatic rings. The van der Waals surface area contributed by atoms with Crippen molar-refractivity contribution in [2.75, 3.05) is 37.8 Å². The summed E-state index contributed by atoms with van der Waals surface area (Å²) >= 11 is 0. The number of methoxy groups -OCH3 is 1. The van der Waals surface area contributed by atoms with Crippen LogP contribution in [0.3, 0.4) is 0 Å². The molecule has 0 saturated heterocycles. The summed E-state index contributed by atoms with van der Waals surface area (Å²) < 4.78 is 36.6. The standard InChI is InChI=1S/C27H33F2N9O2/c1-5-31-6-7-32-12-18-13-33-23(11-21(18)30)36-27-34-14-20(29)25(37-27)17-9-19(28)26-22(10-17)38(16(3)35-26)15(2)8-24(39)40-4/h9-11,13-15,31-32H,5-8,12H2,1-4H3,(H3,30,33,34,36,37)/t15-/m1/s1. The molecule has 212 valence electrons. The molecule has 1 aromatic carbocycles. The fraction of sp³-hybridized carbons (Fsp3) is 0.370. The van der Waals surface area contributed by atoms with Crippen molar-refractivity contribution in [2.45, 2.75) is 39.8 Å². The molecule has 0 amide bonds. The molecule has 4 rings (SSSR count). The lowest BCUT2D eigenvalue weighted by Gasteiger charge is -2.16. The Kier molecular flexibility index (Phi) is 9.17. The minimum atomic E-state index is -0.735. The zero-order valence-corrected chi connectivity index (χ0v) is 22.9. The summed E-state index contributed by atoms with van der Waals surface area (Å²) in [6, 6.07) is 4.04. The van der Waals surface area contributed by atoms with Gasteiger partial charge >= 0.3 is 5.97 Å². The molecular weight excluding hydrogens is 520 g/mol. The van der Waals surface area contributed by atoms with Crippen molar-refractivity contribution in [1.82, 2.24) is 35.1 Å². The number of aromatic nitrogens is 5. The predicted molar refractivity (Wildman–Crippen MR) is 149 cm³/mol. The SMILES string of the molecule is CCNCCNCc1cnc(Nc2ncc(F)c(-c3cc(F)c4nc(C)n([C@H](C)CC(=O)OC)c4c3)n2)cc1N. The number of rotatable bonds is 12. The lowest BCUT2D eigenvalue weighted by Crippen LogP contribution is -2.27. The maximum Gasteiger partial charge on any atom is 0.307 e. The maximum atomic E-state index is 15.1. The first kappa shape index (κ1) is 28.8. The number of likely N-dealkylation sites (N-methyl/N-ethyl adjacent to an activating group) is 1. The Morgan fingerprint density at radius 1 is 1.10 bits per heavy atom. The van der Waals surface area contributed by atoms with E-state index in [0.29, 0.717) is 29.4 Å². The molecule has 3 aromatic heterocycles. The molecular formula is C27H33F2N9O2. The second-order valence-corrected chi connectivity index (χ2v) is 9.30. The summed E-state index contributed by atoms with van der Waals surface area (Å²) in [6.45, 7) is 8.66. The van der Waals surface area contributed by atoms with Crippen molar-refractivity contribution in [3.05, 3.63) is 53.6 Å². The fourth-order valence-electron chi connectivity index (χ4n) is 4.41. The van der Waals surface area contributed by atoms with Gasteiger partial charge in [0.2, 0.25) is 5.95 Å². The van der Waals surface area contributed by atoms with Crippen molar-refractivity contribution in [3.8, 4) is 11.3 Å². The third-order valence-corrected chi connectivity index (χ3v) is 6.38. The van der Waals surface area contributed by atoms with E-state index >= 15 is 4.39 Å². The third-order valence-electron chi connectivity index (χ3n) is 6.38. The van der Waals surface area contributed by atoms with E-state index < -0.39 is 17.6 Å². The summed E-state index contributed by atoms with van der Waals surface area (Å²) in [7, 11) is 1.30. The van der Waals surface area contributed by atoms with Crippen LogP contribution < -0.4 is 21.7 Å². The van der Waals surface area contributed by atoms with Gasteiger partial charge in [-0.1, -0.05) is 6.92 Å². The van der Waals surface area contributed by atoms with E-state index in [1.807, 2.05) is 6.92 Å². The number of nitrogens with zero attached hydrogens (tertiary/aromatic N) is 5. The summed E-state index contributed by atoms with van der Waals surface area (Å²) in [5, 5.41) is 9.46. The zero-order chi connectivity index (χ0) is 28.8. The number of anilines is 3. The number of nitrogens with one attached hydrogen (secondary N) is 3. The molecule has 0 aliphatic heterocycles. The van der Waals surface area contributed by atoms with E-state index in [1.165, 1.54) is 13.2 Å². The van der Waals surface area contributed by atoms with Crippen LogP contribution in [-0.4, -0.2) is 57.2 Å². The van der Waals surface area contributed by atoms with Gasteiger partial charge in [-0.25, -0.2) is 28.7 Å². The molecule has 11 nitrogen and oxygen atoms in total. The van der Waals surface area contributed by atoms with Gasteiger partial charge in [0.05, 0.1) is 25.2 Å². The Bertz CT molecular complexity index is 1510. The Morgan fingerprint density at radius 2 is 1.88 bits per heavy atom. The van der Waals surface area contributed by atoms with Gasteiger partial charge in [0.25, 0.3) is 0 Å². The molecule has 3 heterocycles. The Morgan fingerprint density at radius 3 is 2.60 bits per heavy atom. The number of pyridine rings is 1. The first-order valence-electron chi connectivity index (χ1n) is 12.9. The number of fused-ring (bicyclic) bond motifs is 1. The normalized spacial score (nSPS) is 12.1. The number of hydrogen-bond donors (Lipinski definition) is 4. The van der Waals surface area contributed by atoms with Crippen molar-refractivity contribution in [2.24, 2.45) is 0 Å². The van der Waals surface area contributed by atoms with Gasteiger partial charge in [0.15, 0.2) is 11.6 Å². The highest BCUT2D eigenvalue weighted by Crippen LogP contribution is 2.31. The number of ether oxygens (including phenoxy) is 1. The molecule has 0 saturated carbocycles. The molecule has 13 heteroatoms. The number of carbonyl (C=O) groups excluding carboxylic acids is 1. The van der Waals surface area contributed by atoms with E-state index in [9.17, 15) is 9.18 Å². The fourth-order valence-corrected chi connectivity index (χ4v) is 4.41. The van der Waals surface area contributed by atoms with Crippen LogP contribution in [-0.2, 0) is 16.1 Å². The third kappa shape index (κ3) is 6.49. The van der Waals surface area contributed by atoms with Gasteiger partial charge in [0, 0.05) is 54.8 Å². The number of imidazole rings is 1. The Labute approximate surface area is 230 Å². The van der Waals surface area contributed by atoms with Crippen LogP contribution in [0.1, 0.15) is 37.7 Å². The van der Waals surface area contributed by atoms with Crippen molar-refractivity contribution in [3.63, 3.8) is 0 Å². The topological polar surface area (TPSA) is 145 Å². The van der Waals surface area contributed by atoms with Crippen LogP contribution in [0.5, 0.6) is 0 Å². The molecule has 0 bridgehead atoms. The molecule has 0 fully saturated rings. The highest BCUT2D eigenvalue weighted by molar-refractivity contribution is 5.83. The monoisotopic (exact) mass is 553 g/mol. The van der Waals surface area contributed by atoms with E-state index in [4.69, 9.17) is 10.5 Å². The number of halogens is 2. The molecule has 0 aliphatic rings. The van der Waals surface area contributed by atoms with Gasteiger partial charge < -0.3 is 31.0 Å². The average Bonchev–Trinajstić information content (AvgIpc) is 3.27. The number of hydrogen-bond acceptors (Lipinski definition) is 10. The minimum absolute atomic E-state index is 0.0593. The highest BCUT2D eigenvalue weighted by Gasteiger charge is 2.21. The summed E-state index contributed by atoms with van der Waals surface area (Å²) in [5.41, 5.74) is 8.14. The first-order valence-corrected chi connectivity index (χ1v) is 12.9. The van der Waals surface area contributed by atoms with E-state index in [1.54, 1.807) is 36.7 Å². The van der Waals surface area contributed by atoms with Crippen molar-refractivity contribution >= 4 is 34.5 Å². The highest BCUT2D eigenvalue weighted by atomic mass is 19.1. The minimum Gasteiger partial charge on any atom is -0.469 e. The number of aryl methyl sites for hydroxylation is 1.